The number of ether oxygens (including phenoxy) is 3. The fourth-order valence-corrected chi connectivity index (χ4v) is 4.59. The van der Waals surface area contributed by atoms with Crippen molar-refractivity contribution in [2.75, 3.05) is 20.3 Å². The summed E-state index contributed by atoms with van der Waals surface area (Å²) < 4.78 is 16.1. The average Bonchev–Trinajstić information content (AvgIpc) is 2.73. The van der Waals surface area contributed by atoms with Crippen LogP contribution in [0.15, 0.2) is 40.5 Å². The number of Topliss-reactive ketones (excluding diaryl/α,β-unsaturated/α-hetero) is 1. The zero-order valence-electron chi connectivity index (χ0n) is 18.6. The third-order valence-corrected chi connectivity index (χ3v) is 5.90. The molecular formula is C24H29NO6. The summed E-state index contributed by atoms with van der Waals surface area (Å²) in [7, 11) is 1.28. The van der Waals surface area contributed by atoms with Gasteiger partial charge in [-0.2, -0.15) is 0 Å². The molecule has 7 nitrogen and oxygen atoms in total. The number of esters is 2. The van der Waals surface area contributed by atoms with Crippen molar-refractivity contribution >= 4 is 23.4 Å². The molecule has 0 bridgehead atoms. The minimum Gasteiger partial charge on any atom is -0.494 e. The van der Waals surface area contributed by atoms with Crippen LogP contribution in [0.2, 0.25) is 0 Å². The molecule has 0 amide bonds. The van der Waals surface area contributed by atoms with Gasteiger partial charge >= 0.3 is 11.9 Å². The maximum atomic E-state index is 13.6. The first kappa shape index (κ1) is 22.7. The maximum absolute atomic E-state index is 13.6. The largest absolute Gasteiger partial charge is 0.494 e. The van der Waals surface area contributed by atoms with Gasteiger partial charge in [0.15, 0.2) is 5.78 Å². The molecule has 0 radical (unpaired) electrons. The van der Waals surface area contributed by atoms with Crippen molar-refractivity contribution in [1.82, 2.24) is 0 Å². The van der Waals surface area contributed by atoms with E-state index in [4.69, 9.17) is 14.2 Å². The topological polar surface area (TPSA) is 91.3 Å². The van der Waals surface area contributed by atoms with E-state index in [1.165, 1.54) is 7.11 Å². The number of allylic oxidation sites excluding steroid dienone is 2. The number of carbonyl (C=O) groups excluding carboxylic acids is 3. The third kappa shape index (κ3) is 4.13. The average molecular weight is 427 g/mol. The summed E-state index contributed by atoms with van der Waals surface area (Å²) in [6.45, 7) is 7.88. The Morgan fingerprint density at radius 3 is 2.45 bits per heavy atom. The monoisotopic (exact) mass is 427 g/mol. The van der Waals surface area contributed by atoms with Crippen LogP contribution in [0.3, 0.4) is 0 Å². The second-order valence-corrected chi connectivity index (χ2v) is 7.84. The summed E-state index contributed by atoms with van der Waals surface area (Å²) >= 11 is 0. The minimum absolute atomic E-state index is 0.212. The van der Waals surface area contributed by atoms with E-state index in [0.29, 0.717) is 41.3 Å². The van der Waals surface area contributed by atoms with Crippen LogP contribution < -0.4 is 4.74 Å². The van der Waals surface area contributed by atoms with Gasteiger partial charge in [-0.3, -0.25) is 19.4 Å². The molecule has 166 valence electrons. The Bertz CT molecular complexity index is 947. The Morgan fingerprint density at radius 2 is 1.81 bits per heavy atom. The molecule has 4 atom stereocenters. The number of ketones is 1. The summed E-state index contributed by atoms with van der Waals surface area (Å²) in [5, 5.41) is 0. The molecule has 0 N–H and O–H groups in total. The van der Waals surface area contributed by atoms with E-state index in [1.807, 2.05) is 38.1 Å². The summed E-state index contributed by atoms with van der Waals surface area (Å²) in [6, 6.07) is 7.35. The normalized spacial score (nSPS) is 25.5. The molecule has 0 unspecified atom stereocenters. The van der Waals surface area contributed by atoms with Crippen LogP contribution in [0.25, 0.3) is 0 Å². The van der Waals surface area contributed by atoms with Gasteiger partial charge in [0, 0.05) is 28.5 Å². The molecule has 7 heteroatoms. The minimum atomic E-state index is -0.929. The lowest BCUT2D eigenvalue weighted by atomic mass is 9.67. The van der Waals surface area contributed by atoms with Gasteiger partial charge in [0.05, 0.1) is 20.3 Å². The van der Waals surface area contributed by atoms with Gasteiger partial charge in [0.2, 0.25) is 0 Å². The SMILES string of the molecule is CCOC(=O)[C@@H]1C(C)=NC2=C(C(=O)[C@@H](C(=O)OC)[C@H](C)C2)[C@@H]1c1ccccc1OCC. The van der Waals surface area contributed by atoms with Gasteiger partial charge in [-0.15, -0.1) is 0 Å². The van der Waals surface area contributed by atoms with Crippen LogP contribution in [0.5, 0.6) is 5.75 Å². The number of carbonyl (C=O) groups is 3. The molecule has 1 aromatic carbocycles. The first-order valence-electron chi connectivity index (χ1n) is 10.6. The maximum Gasteiger partial charge on any atom is 0.316 e. The van der Waals surface area contributed by atoms with E-state index in [9.17, 15) is 14.4 Å². The number of para-hydroxylation sites is 1. The van der Waals surface area contributed by atoms with E-state index in [2.05, 4.69) is 4.99 Å². The Labute approximate surface area is 182 Å². The molecule has 0 aromatic heterocycles. The number of benzene rings is 1. The molecule has 3 rings (SSSR count). The molecule has 1 aliphatic heterocycles. The molecule has 0 fully saturated rings. The van der Waals surface area contributed by atoms with Crippen LogP contribution in [0.1, 0.15) is 45.6 Å². The number of rotatable bonds is 6. The fourth-order valence-electron chi connectivity index (χ4n) is 4.59. The standard InChI is InChI=1S/C24H29NO6/c1-6-30-17-11-9-8-10-15(17)20-19(24(28)31-7-2)14(4)25-16-12-13(3)18(23(27)29-5)22(26)21(16)20/h8-11,13,18-20H,6-7,12H2,1-5H3/t13-,18+,19-,20-/m1/s1. The number of nitrogens with zero attached hydrogens (tertiary/aromatic N) is 1. The van der Waals surface area contributed by atoms with Crippen molar-refractivity contribution in [1.29, 1.82) is 0 Å². The highest BCUT2D eigenvalue weighted by Gasteiger charge is 2.49. The van der Waals surface area contributed by atoms with Gasteiger partial charge in [0.1, 0.15) is 17.6 Å². The lowest BCUT2D eigenvalue weighted by molar-refractivity contribution is -0.151. The summed E-state index contributed by atoms with van der Waals surface area (Å²) in [4.78, 5) is 43.7. The highest BCUT2D eigenvalue weighted by atomic mass is 16.5. The summed E-state index contributed by atoms with van der Waals surface area (Å²) in [5.41, 5.74) is 2.29. The van der Waals surface area contributed by atoms with Crippen LogP contribution >= 0.6 is 0 Å². The van der Waals surface area contributed by atoms with Crippen molar-refractivity contribution in [2.24, 2.45) is 22.7 Å². The van der Waals surface area contributed by atoms with E-state index < -0.39 is 29.7 Å². The van der Waals surface area contributed by atoms with Crippen molar-refractivity contribution in [2.45, 2.75) is 40.0 Å². The molecule has 0 saturated heterocycles. The van der Waals surface area contributed by atoms with E-state index in [1.54, 1.807) is 13.8 Å². The molecule has 2 aliphatic rings. The first-order chi connectivity index (χ1) is 14.8. The van der Waals surface area contributed by atoms with Crippen LogP contribution in [0.4, 0.5) is 0 Å². The second kappa shape index (κ2) is 9.45. The molecule has 0 spiro atoms. The van der Waals surface area contributed by atoms with Gasteiger partial charge in [0.25, 0.3) is 0 Å². The molecule has 1 heterocycles. The van der Waals surface area contributed by atoms with Crippen LogP contribution in [-0.2, 0) is 23.9 Å². The molecule has 0 saturated carbocycles. The lowest BCUT2D eigenvalue weighted by Crippen LogP contribution is -2.43. The van der Waals surface area contributed by atoms with Crippen LogP contribution in [0, 0.1) is 17.8 Å². The number of hydrogen-bond donors (Lipinski definition) is 0. The summed E-state index contributed by atoms with van der Waals surface area (Å²) in [6.07, 6.45) is 0.445. The molecule has 1 aromatic rings. The molecule has 1 aliphatic carbocycles. The Kier molecular flexibility index (Phi) is 6.93. The third-order valence-electron chi connectivity index (χ3n) is 5.90. The first-order valence-corrected chi connectivity index (χ1v) is 10.6. The second-order valence-electron chi connectivity index (χ2n) is 7.84. The van der Waals surface area contributed by atoms with Gasteiger partial charge in [-0.1, -0.05) is 25.1 Å². The number of aliphatic imine (C=N–C) groups is 1. The Morgan fingerprint density at radius 1 is 1.10 bits per heavy atom. The predicted octanol–water partition coefficient (Wildman–Crippen LogP) is 3.47. The molecular weight excluding hydrogens is 398 g/mol. The van der Waals surface area contributed by atoms with E-state index in [-0.39, 0.29) is 18.3 Å². The van der Waals surface area contributed by atoms with E-state index in [0.717, 1.165) is 0 Å². The summed E-state index contributed by atoms with van der Waals surface area (Å²) in [5.74, 6) is -3.39. The predicted molar refractivity (Wildman–Crippen MR) is 115 cm³/mol. The highest BCUT2D eigenvalue weighted by molar-refractivity contribution is 6.14. The zero-order chi connectivity index (χ0) is 22.7. The Balaban J connectivity index is 2.23. The Hall–Kier alpha value is -2.96. The smallest absolute Gasteiger partial charge is 0.316 e. The fraction of sp³-hybridized carbons (Fsp3) is 0.500. The number of hydrogen-bond acceptors (Lipinski definition) is 7. The van der Waals surface area contributed by atoms with Crippen molar-refractivity contribution in [3.05, 3.63) is 41.1 Å². The van der Waals surface area contributed by atoms with Gasteiger partial charge < -0.3 is 14.2 Å². The van der Waals surface area contributed by atoms with Crippen LogP contribution in [-0.4, -0.2) is 43.8 Å². The van der Waals surface area contributed by atoms with E-state index >= 15 is 0 Å². The zero-order valence-corrected chi connectivity index (χ0v) is 18.6. The quantitative estimate of drug-likeness (QED) is 0.510. The lowest BCUT2D eigenvalue weighted by Gasteiger charge is -2.38. The van der Waals surface area contributed by atoms with Crippen molar-refractivity contribution in [3.8, 4) is 5.75 Å². The van der Waals surface area contributed by atoms with Gasteiger partial charge in [-0.25, -0.2) is 0 Å². The van der Waals surface area contributed by atoms with Crippen molar-refractivity contribution in [3.63, 3.8) is 0 Å². The van der Waals surface area contributed by atoms with Gasteiger partial charge in [-0.05, 0) is 39.2 Å². The molecule has 31 heavy (non-hydrogen) atoms. The number of methoxy groups -OCH3 is 1. The van der Waals surface area contributed by atoms with Crippen molar-refractivity contribution < 1.29 is 28.6 Å². The highest BCUT2D eigenvalue weighted by Crippen LogP contribution is 2.48.